The Morgan fingerprint density at radius 1 is 1.37 bits per heavy atom. The molecule has 160 valence electrons. The Balaban J connectivity index is 1.85. The summed E-state index contributed by atoms with van der Waals surface area (Å²) in [4.78, 5) is 17.3. The number of carbonyl (C=O) groups is 1. The predicted molar refractivity (Wildman–Crippen MR) is 103 cm³/mol. The zero-order chi connectivity index (χ0) is 22.1. The molecular formula is C19H22F3N7O. The van der Waals surface area contributed by atoms with Crippen molar-refractivity contribution >= 4 is 17.4 Å². The molecule has 1 aliphatic rings. The Labute approximate surface area is 171 Å². The van der Waals surface area contributed by atoms with E-state index in [4.69, 9.17) is 5.73 Å². The fourth-order valence-electron chi connectivity index (χ4n) is 3.66. The highest BCUT2D eigenvalue weighted by molar-refractivity contribution is 5.98. The zero-order valence-electron chi connectivity index (χ0n) is 16.5. The van der Waals surface area contributed by atoms with Crippen molar-refractivity contribution in [3.63, 3.8) is 0 Å². The predicted octanol–water partition coefficient (Wildman–Crippen LogP) is 2.93. The summed E-state index contributed by atoms with van der Waals surface area (Å²) in [6, 6.07) is 4.40. The lowest BCUT2D eigenvalue weighted by atomic mass is 9.82. The van der Waals surface area contributed by atoms with Crippen LogP contribution in [0.3, 0.4) is 0 Å². The third kappa shape index (κ3) is 4.54. The monoisotopic (exact) mass is 421 g/mol. The molecular weight excluding hydrogens is 399 g/mol. The average molecular weight is 421 g/mol. The molecule has 1 fully saturated rings. The van der Waals surface area contributed by atoms with Gasteiger partial charge in [-0.25, -0.2) is 4.98 Å². The van der Waals surface area contributed by atoms with Gasteiger partial charge in [0.05, 0.1) is 29.9 Å². The molecule has 2 aromatic rings. The fourth-order valence-corrected chi connectivity index (χ4v) is 3.66. The van der Waals surface area contributed by atoms with Crippen LogP contribution in [0, 0.1) is 17.2 Å². The number of halogens is 3. The van der Waals surface area contributed by atoms with Gasteiger partial charge in [-0.05, 0) is 45.5 Å². The van der Waals surface area contributed by atoms with E-state index in [9.17, 15) is 23.2 Å². The number of nitrogens with zero attached hydrogens (tertiary/aromatic N) is 5. The van der Waals surface area contributed by atoms with Crippen LogP contribution in [-0.2, 0) is 6.18 Å². The van der Waals surface area contributed by atoms with Gasteiger partial charge in [-0.3, -0.25) is 9.48 Å². The molecule has 3 atom stereocenters. The number of hydrogen-bond donors (Lipinski definition) is 2. The summed E-state index contributed by atoms with van der Waals surface area (Å²) in [6.45, 7) is 0. The number of rotatable bonds is 5. The lowest BCUT2D eigenvalue weighted by Gasteiger charge is -2.35. The molecule has 3 rings (SSSR count). The SMILES string of the molecule is CN(C)C1CC[C@@H](n2cc(C(N)=O)c(Nc3ccc(C(F)(F)F)nc3)n2)[C@H](C#N)C1. The van der Waals surface area contributed by atoms with E-state index in [0.29, 0.717) is 12.8 Å². The van der Waals surface area contributed by atoms with Crippen molar-refractivity contribution in [1.29, 1.82) is 5.26 Å². The zero-order valence-corrected chi connectivity index (χ0v) is 16.5. The molecule has 30 heavy (non-hydrogen) atoms. The van der Waals surface area contributed by atoms with Crippen LogP contribution in [0.5, 0.6) is 0 Å². The van der Waals surface area contributed by atoms with Crippen LogP contribution in [0.25, 0.3) is 0 Å². The van der Waals surface area contributed by atoms with E-state index < -0.39 is 17.8 Å². The number of pyridine rings is 1. The summed E-state index contributed by atoms with van der Waals surface area (Å²) >= 11 is 0. The first-order valence-corrected chi connectivity index (χ1v) is 9.35. The quantitative estimate of drug-likeness (QED) is 0.768. The van der Waals surface area contributed by atoms with Crippen LogP contribution in [0.1, 0.15) is 41.4 Å². The van der Waals surface area contributed by atoms with E-state index in [2.05, 4.69) is 26.4 Å². The number of hydrogen-bond acceptors (Lipinski definition) is 6. The molecule has 0 spiro atoms. The second kappa shape index (κ2) is 8.31. The van der Waals surface area contributed by atoms with Crippen LogP contribution in [0.15, 0.2) is 24.5 Å². The van der Waals surface area contributed by atoms with Crippen molar-refractivity contribution < 1.29 is 18.0 Å². The van der Waals surface area contributed by atoms with E-state index in [0.717, 1.165) is 18.7 Å². The number of nitrogens with two attached hydrogens (primary N) is 1. The maximum atomic E-state index is 12.7. The van der Waals surface area contributed by atoms with Crippen LogP contribution in [0.2, 0.25) is 0 Å². The first-order chi connectivity index (χ1) is 14.1. The van der Waals surface area contributed by atoms with Gasteiger partial charge in [-0.1, -0.05) is 0 Å². The summed E-state index contributed by atoms with van der Waals surface area (Å²) in [7, 11) is 3.94. The Kier molecular flexibility index (Phi) is 5.98. The summed E-state index contributed by atoms with van der Waals surface area (Å²) in [6.07, 6.45) is 0.178. The van der Waals surface area contributed by atoms with Gasteiger partial charge in [0.15, 0.2) is 5.82 Å². The van der Waals surface area contributed by atoms with Crippen molar-refractivity contribution in [2.45, 2.75) is 37.5 Å². The highest BCUT2D eigenvalue weighted by Gasteiger charge is 2.34. The molecule has 8 nitrogen and oxygen atoms in total. The molecule has 0 radical (unpaired) electrons. The topological polar surface area (TPSA) is 113 Å². The molecule has 1 amide bonds. The number of aromatic nitrogens is 3. The summed E-state index contributed by atoms with van der Waals surface area (Å²) in [5.41, 5.74) is 4.74. The standard InChI is InChI=1S/C19H22F3N7O/c1-28(2)13-4-5-15(11(7-13)8-23)29-10-14(17(24)30)18(27-29)26-12-3-6-16(25-9-12)19(20,21)22/h3,6,9-11,13,15H,4-5,7H2,1-2H3,(H2,24,30)(H,26,27)/t11-,13?,15+/m0/s1. The van der Waals surface area contributed by atoms with Crippen molar-refractivity contribution in [2.75, 3.05) is 19.4 Å². The normalized spacial score (nSPS) is 22.0. The van der Waals surface area contributed by atoms with Crippen LogP contribution in [-0.4, -0.2) is 45.7 Å². The highest BCUT2D eigenvalue weighted by atomic mass is 19.4. The number of primary amides is 1. The molecule has 3 N–H and O–H groups in total. The smallest absolute Gasteiger partial charge is 0.365 e. The molecule has 2 heterocycles. The Bertz CT molecular complexity index is 947. The third-order valence-corrected chi connectivity index (χ3v) is 5.34. The van der Waals surface area contributed by atoms with Crippen molar-refractivity contribution in [2.24, 2.45) is 11.7 Å². The minimum absolute atomic E-state index is 0.0846. The van der Waals surface area contributed by atoms with Crippen LogP contribution >= 0.6 is 0 Å². The summed E-state index contributed by atoms with van der Waals surface area (Å²) in [5, 5.41) is 16.8. The Morgan fingerprint density at radius 3 is 2.63 bits per heavy atom. The van der Waals surface area contributed by atoms with Gasteiger partial charge in [-0.15, -0.1) is 0 Å². The van der Waals surface area contributed by atoms with E-state index in [1.807, 2.05) is 14.1 Å². The first-order valence-electron chi connectivity index (χ1n) is 9.35. The van der Waals surface area contributed by atoms with E-state index in [1.54, 1.807) is 4.68 Å². The lowest BCUT2D eigenvalue weighted by molar-refractivity contribution is -0.141. The van der Waals surface area contributed by atoms with Crippen LogP contribution in [0.4, 0.5) is 24.7 Å². The molecule has 0 saturated heterocycles. The molecule has 0 bridgehead atoms. The van der Waals surface area contributed by atoms with Gasteiger partial charge >= 0.3 is 6.18 Å². The first kappa shape index (κ1) is 21.6. The maximum Gasteiger partial charge on any atom is 0.433 e. The Hall–Kier alpha value is -3.13. The largest absolute Gasteiger partial charge is 0.433 e. The van der Waals surface area contributed by atoms with Gasteiger partial charge in [0.25, 0.3) is 5.91 Å². The van der Waals surface area contributed by atoms with Gasteiger partial charge in [0, 0.05) is 12.2 Å². The van der Waals surface area contributed by atoms with Crippen molar-refractivity contribution in [3.8, 4) is 6.07 Å². The van der Waals surface area contributed by atoms with Gasteiger partial charge in [0.2, 0.25) is 0 Å². The Morgan fingerprint density at radius 2 is 2.10 bits per heavy atom. The molecule has 11 heteroatoms. The molecule has 1 aliphatic carbocycles. The van der Waals surface area contributed by atoms with Gasteiger partial charge < -0.3 is 16.0 Å². The minimum Gasteiger partial charge on any atom is -0.365 e. The van der Waals surface area contributed by atoms with Crippen molar-refractivity contribution in [1.82, 2.24) is 19.7 Å². The second-order valence-corrected chi connectivity index (χ2v) is 7.52. The average Bonchev–Trinajstić information content (AvgIpc) is 3.11. The molecule has 1 unspecified atom stereocenters. The van der Waals surface area contributed by atoms with Crippen LogP contribution < -0.4 is 11.1 Å². The fraction of sp³-hybridized carbons (Fsp3) is 0.474. The lowest BCUT2D eigenvalue weighted by Crippen LogP contribution is -2.37. The number of nitriles is 1. The number of amides is 1. The molecule has 1 saturated carbocycles. The second-order valence-electron chi connectivity index (χ2n) is 7.52. The van der Waals surface area contributed by atoms with E-state index in [-0.39, 0.29) is 35.1 Å². The van der Waals surface area contributed by atoms with E-state index >= 15 is 0 Å². The molecule has 0 aliphatic heterocycles. The number of carbonyl (C=O) groups excluding carboxylic acids is 1. The minimum atomic E-state index is -4.55. The summed E-state index contributed by atoms with van der Waals surface area (Å²) < 4.78 is 39.6. The maximum absolute atomic E-state index is 12.7. The molecule has 2 aromatic heterocycles. The molecule has 0 aromatic carbocycles. The number of anilines is 2. The van der Waals surface area contributed by atoms with Gasteiger partial charge in [0.1, 0.15) is 11.3 Å². The third-order valence-electron chi connectivity index (χ3n) is 5.34. The van der Waals surface area contributed by atoms with E-state index in [1.165, 1.54) is 12.3 Å². The summed E-state index contributed by atoms with van der Waals surface area (Å²) in [5.74, 6) is -0.929. The van der Waals surface area contributed by atoms with Crippen molar-refractivity contribution in [3.05, 3.63) is 35.8 Å². The number of nitrogens with one attached hydrogen (secondary N) is 1. The van der Waals surface area contributed by atoms with Gasteiger partial charge in [-0.2, -0.15) is 23.5 Å². The number of alkyl halides is 3. The highest BCUT2D eigenvalue weighted by Crippen LogP contribution is 2.36.